The standard InChI is InChI=1S/C15H19N3O2S2/c1-4-16-15-17-13(9-21-15)11-5-6-14-12(8-11)7-10(2)18(14)22(3,19)20/h5-6,8-10H,4,7H2,1-3H3,(H,16,17)/t10-/m0/s1. The summed E-state index contributed by atoms with van der Waals surface area (Å²) in [6.45, 7) is 4.82. The van der Waals surface area contributed by atoms with Gasteiger partial charge in [0, 0.05) is 23.5 Å². The van der Waals surface area contributed by atoms with Crippen LogP contribution in [0.3, 0.4) is 0 Å². The van der Waals surface area contributed by atoms with Crippen molar-refractivity contribution in [2.24, 2.45) is 0 Å². The molecule has 2 aromatic rings. The van der Waals surface area contributed by atoms with Crippen LogP contribution in [0.15, 0.2) is 23.6 Å². The number of rotatable bonds is 4. The first-order valence-electron chi connectivity index (χ1n) is 7.22. The largest absolute Gasteiger partial charge is 0.362 e. The number of hydrogen-bond acceptors (Lipinski definition) is 5. The molecule has 0 fully saturated rings. The predicted octanol–water partition coefficient (Wildman–Crippen LogP) is 2.95. The van der Waals surface area contributed by atoms with Crippen molar-refractivity contribution in [1.82, 2.24) is 4.98 Å². The van der Waals surface area contributed by atoms with Gasteiger partial charge in [0.1, 0.15) is 0 Å². The first-order chi connectivity index (χ1) is 10.4. The SMILES string of the molecule is CCNc1nc(-c2ccc3c(c2)C[C@H](C)N3S(C)(=O)=O)cs1. The third-order valence-corrected chi connectivity index (χ3v) is 5.79. The molecule has 5 nitrogen and oxygen atoms in total. The summed E-state index contributed by atoms with van der Waals surface area (Å²) in [5, 5.41) is 6.13. The zero-order valence-corrected chi connectivity index (χ0v) is 14.5. The lowest BCUT2D eigenvalue weighted by molar-refractivity contribution is 0.590. The van der Waals surface area contributed by atoms with E-state index in [1.807, 2.05) is 31.4 Å². The Labute approximate surface area is 135 Å². The molecular weight excluding hydrogens is 318 g/mol. The van der Waals surface area contributed by atoms with E-state index in [-0.39, 0.29) is 6.04 Å². The molecular formula is C15H19N3O2S2. The molecule has 1 aliphatic rings. The number of nitrogens with zero attached hydrogens (tertiary/aromatic N) is 2. The van der Waals surface area contributed by atoms with Gasteiger partial charge in [0.2, 0.25) is 10.0 Å². The van der Waals surface area contributed by atoms with Gasteiger partial charge in [-0.1, -0.05) is 6.07 Å². The van der Waals surface area contributed by atoms with E-state index in [1.165, 1.54) is 10.6 Å². The number of benzene rings is 1. The molecule has 0 saturated carbocycles. The molecule has 0 aliphatic carbocycles. The fourth-order valence-electron chi connectivity index (χ4n) is 2.91. The Bertz CT molecular complexity index is 799. The second kappa shape index (κ2) is 5.55. The average molecular weight is 337 g/mol. The van der Waals surface area contributed by atoms with Crippen LogP contribution in [0.4, 0.5) is 10.8 Å². The molecule has 0 amide bonds. The summed E-state index contributed by atoms with van der Waals surface area (Å²) >= 11 is 1.58. The molecule has 0 saturated heterocycles. The normalized spacial score (nSPS) is 17.6. The molecule has 2 heterocycles. The lowest BCUT2D eigenvalue weighted by atomic mass is 10.1. The van der Waals surface area contributed by atoms with E-state index in [0.29, 0.717) is 0 Å². The fourth-order valence-corrected chi connectivity index (χ4v) is 4.96. The highest BCUT2D eigenvalue weighted by molar-refractivity contribution is 7.92. The van der Waals surface area contributed by atoms with Gasteiger partial charge in [0.15, 0.2) is 5.13 Å². The van der Waals surface area contributed by atoms with E-state index in [0.717, 1.165) is 40.6 Å². The molecule has 22 heavy (non-hydrogen) atoms. The maximum absolute atomic E-state index is 11.9. The van der Waals surface area contributed by atoms with Gasteiger partial charge in [-0.3, -0.25) is 4.31 Å². The Kier molecular flexibility index (Phi) is 3.86. The zero-order chi connectivity index (χ0) is 15.9. The van der Waals surface area contributed by atoms with Crippen molar-refractivity contribution >= 4 is 32.2 Å². The third kappa shape index (κ3) is 2.70. The number of hydrogen-bond donors (Lipinski definition) is 1. The van der Waals surface area contributed by atoms with E-state index < -0.39 is 10.0 Å². The van der Waals surface area contributed by atoms with Crippen LogP contribution in [0.25, 0.3) is 11.3 Å². The first kappa shape index (κ1) is 15.3. The van der Waals surface area contributed by atoms with E-state index in [1.54, 1.807) is 11.3 Å². The molecule has 1 aromatic heterocycles. The predicted molar refractivity (Wildman–Crippen MR) is 92.2 cm³/mol. The Balaban J connectivity index is 1.97. The summed E-state index contributed by atoms with van der Waals surface area (Å²) in [6.07, 6.45) is 2.00. The average Bonchev–Trinajstić information content (AvgIpc) is 3.00. The molecule has 1 aromatic carbocycles. The van der Waals surface area contributed by atoms with Crippen LogP contribution in [0.2, 0.25) is 0 Å². The van der Waals surface area contributed by atoms with Gasteiger partial charge >= 0.3 is 0 Å². The lowest BCUT2D eigenvalue weighted by Gasteiger charge is -2.21. The number of sulfonamides is 1. The Morgan fingerprint density at radius 2 is 2.23 bits per heavy atom. The van der Waals surface area contributed by atoms with E-state index >= 15 is 0 Å². The quantitative estimate of drug-likeness (QED) is 0.932. The molecule has 0 spiro atoms. The molecule has 0 bridgehead atoms. The minimum absolute atomic E-state index is 0.0343. The molecule has 1 aliphatic heterocycles. The van der Waals surface area contributed by atoms with Gasteiger partial charge in [-0.05, 0) is 38.0 Å². The number of thiazole rings is 1. The summed E-state index contributed by atoms with van der Waals surface area (Å²) in [5.74, 6) is 0. The molecule has 118 valence electrons. The van der Waals surface area contributed by atoms with Gasteiger partial charge in [0.25, 0.3) is 0 Å². The molecule has 3 rings (SSSR count). The summed E-state index contributed by atoms with van der Waals surface area (Å²) in [4.78, 5) is 4.56. The van der Waals surface area contributed by atoms with E-state index in [9.17, 15) is 8.42 Å². The Morgan fingerprint density at radius 1 is 1.45 bits per heavy atom. The number of fused-ring (bicyclic) bond motifs is 1. The molecule has 0 unspecified atom stereocenters. The molecule has 1 N–H and O–H groups in total. The number of anilines is 2. The highest BCUT2D eigenvalue weighted by Gasteiger charge is 2.32. The van der Waals surface area contributed by atoms with Gasteiger partial charge in [0.05, 0.1) is 17.6 Å². The van der Waals surface area contributed by atoms with Crippen LogP contribution in [-0.2, 0) is 16.4 Å². The van der Waals surface area contributed by atoms with E-state index in [4.69, 9.17) is 0 Å². The second-order valence-electron chi connectivity index (χ2n) is 5.52. The van der Waals surface area contributed by atoms with Crippen molar-refractivity contribution in [3.63, 3.8) is 0 Å². The first-order valence-corrected chi connectivity index (χ1v) is 9.95. The smallest absolute Gasteiger partial charge is 0.232 e. The minimum atomic E-state index is -3.24. The molecule has 7 heteroatoms. The molecule has 1 atom stereocenters. The fraction of sp³-hybridized carbons (Fsp3) is 0.400. The van der Waals surface area contributed by atoms with Crippen LogP contribution in [-0.4, -0.2) is 32.2 Å². The third-order valence-electron chi connectivity index (χ3n) is 3.72. The van der Waals surface area contributed by atoms with Gasteiger partial charge in [-0.15, -0.1) is 11.3 Å². The van der Waals surface area contributed by atoms with Gasteiger partial charge < -0.3 is 5.32 Å². The Morgan fingerprint density at radius 3 is 2.91 bits per heavy atom. The van der Waals surface area contributed by atoms with Gasteiger partial charge in [-0.25, -0.2) is 13.4 Å². The van der Waals surface area contributed by atoms with Crippen LogP contribution in [0.1, 0.15) is 19.4 Å². The Hall–Kier alpha value is -1.60. The van der Waals surface area contributed by atoms with Crippen molar-refractivity contribution in [3.8, 4) is 11.3 Å². The van der Waals surface area contributed by atoms with Crippen molar-refractivity contribution in [3.05, 3.63) is 29.1 Å². The number of nitrogens with one attached hydrogen (secondary N) is 1. The lowest BCUT2D eigenvalue weighted by Crippen LogP contribution is -2.34. The monoisotopic (exact) mass is 337 g/mol. The van der Waals surface area contributed by atoms with Crippen LogP contribution >= 0.6 is 11.3 Å². The highest BCUT2D eigenvalue weighted by atomic mass is 32.2. The van der Waals surface area contributed by atoms with E-state index in [2.05, 4.69) is 16.4 Å². The van der Waals surface area contributed by atoms with Crippen LogP contribution in [0.5, 0.6) is 0 Å². The minimum Gasteiger partial charge on any atom is -0.362 e. The maximum atomic E-state index is 11.9. The summed E-state index contributed by atoms with van der Waals surface area (Å²) in [5.41, 5.74) is 3.81. The van der Waals surface area contributed by atoms with Crippen LogP contribution in [0, 0.1) is 0 Å². The maximum Gasteiger partial charge on any atom is 0.232 e. The van der Waals surface area contributed by atoms with Crippen molar-refractivity contribution < 1.29 is 8.42 Å². The molecule has 0 radical (unpaired) electrons. The van der Waals surface area contributed by atoms with Crippen molar-refractivity contribution in [2.75, 3.05) is 22.4 Å². The highest BCUT2D eigenvalue weighted by Crippen LogP contribution is 2.37. The van der Waals surface area contributed by atoms with Crippen LogP contribution < -0.4 is 9.62 Å². The summed E-state index contributed by atoms with van der Waals surface area (Å²) in [6, 6.07) is 5.86. The number of aromatic nitrogens is 1. The van der Waals surface area contributed by atoms with Crippen molar-refractivity contribution in [2.45, 2.75) is 26.3 Å². The zero-order valence-electron chi connectivity index (χ0n) is 12.8. The van der Waals surface area contributed by atoms with Gasteiger partial charge in [-0.2, -0.15) is 0 Å². The summed E-state index contributed by atoms with van der Waals surface area (Å²) < 4.78 is 25.4. The second-order valence-corrected chi connectivity index (χ2v) is 8.24. The topological polar surface area (TPSA) is 62.3 Å². The summed E-state index contributed by atoms with van der Waals surface area (Å²) in [7, 11) is -3.24. The van der Waals surface area contributed by atoms with Crippen molar-refractivity contribution in [1.29, 1.82) is 0 Å².